The van der Waals surface area contributed by atoms with Crippen LogP contribution in [0.25, 0.3) is 0 Å². The van der Waals surface area contributed by atoms with Gasteiger partial charge in [0.1, 0.15) is 5.82 Å². The summed E-state index contributed by atoms with van der Waals surface area (Å²) < 4.78 is 51.1. The van der Waals surface area contributed by atoms with Crippen LogP contribution in [-0.4, -0.2) is 6.54 Å². The first-order chi connectivity index (χ1) is 7.98. The van der Waals surface area contributed by atoms with Crippen molar-refractivity contribution < 1.29 is 17.6 Å². The fraction of sp³-hybridized carbons (Fsp3) is 0.500. The van der Waals surface area contributed by atoms with Gasteiger partial charge in [0.05, 0.1) is 5.56 Å². The molecule has 1 aliphatic rings. The highest BCUT2D eigenvalue weighted by molar-refractivity contribution is 5.29. The normalized spacial score (nSPS) is 21.5. The third-order valence-electron chi connectivity index (χ3n) is 3.01. The largest absolute Gasteiger partial charge is 0.416 e. The van der Waals surface area contributed by atoms with Crippen LogP contribution < -0.4 is 5.32 Å². The molecule has 0 spiro atoms. The summed E-state index contributed by atoms with van der Waals surface area (Å²) >= 11 is 0. The fourth-order valence-electron chi connectivity index (χ4n) is 2.10. The zero-order chi connectivity index (χ0) is 12.5. The summed E-state index contributed by atoms with van der Waals surface area (Å²) in [6, 6.07) is 2.29. The number of nitrogens with one attached hydrogen (secondary N) is 1. The monoisotopic (exact) mass is 247 g/mol. The van der Waals surface area contributed by atoms with Crippen molar-refractivity contribution in [3.8, 4) is 0 Å². The summed E-state index contributed by atoms with van der Waals surface area (Å²) in [5.41, 5.74) is -0.666. The van der Waals surface area contributed by atoms with Gasteiger partial charge in [-0.3, -0.25) is 0 Å². The first-order valence-electron chi connectivity index (χ1n) is 5.58. The highest BCUT2D eigenvalue weighted by atomic mass is 19.4. The van der Waals surface area contributed by atoms with Crippen LogP contribution >= 0.6 is 0 Å². The molecule has 1 N–H and O–H groups in total. The number of rotatable bonds is 1. The second kappa shape index (κ2) is 4.64. The van der Waals surface area contributed by atoms with E-state index in [1.54, 1.807) is 0 Å². The Morgan fingerprint density at radius 3 is 2.53 bits per heavy atom. The van der Waals surface area contributed by atoms with Crippen molar-refractivity contribution in [1.29, 1.82) is 0 Å². The number of piperidine rings is 1. The predicted octanol–water partition coefficient (Wildman–Crippen LogP) is 3.66. The molecule has 0 radical (unpaired) electrons. The summed E-state index contributed by atoms with van der Waals surface area (Å²) in [4.78, 5) is 0. The van der Waals surface area contributed by atoms with E-state index < -0.39 is 17.6 Å². The van der Waals surface area contributed by atoms with E-state index in [2.05, 4.69) is 5.32 Å². The van der Waals surface area contributed by atoms with Gasteiger partial charge in [-0.25, -0.2) is 4.39 Å². The molecule has 1 saturated heterocycles. The van der Waals surface area contributed by atoms with Gasteiger partial charge >= 0.3 is 6.18 Å². The van der Waals surface area contributed by atoms with Crippen LogP contribution in [0.4, 0.5) is 17.6 Å². The van der Waals surface area contributed by atoms with Crippen molar-refractivity contribution in [2.24, 2.45) is 0 Å². The van der Waals surface area contributed by atoms with E-state index in [-0.39, 0.29) is 11.6 Å². The average molecular weight is 247 g/mol. The fourth-order valence-corrected chi connectivity index (χ4v) is 2.10. The van der Waals surface area contributed by atoms with Gasteiger partial charge in [-0.2, -0.15) is 13.2 Å². The zero-order valence-electron chi connectivity index (χ0n) is 9.15. The first kappa shape index (κ1) is 12.4. The van der Waals surface area contributed by atoms with Crippen molar-refractivity contribution in [2.45, 2.75) is 31.5 Å². The maximum Gasteiger partial charge on any atom is 0.416 e. The minimum atomic E-state index is -4.42. The van der Waals surface area contributed by atoms with E-state index >= 15 is 0 Å². The molecule has 1 nitrogen and oxygen atoms in total. The van der Waals surface area contributed by atoms with Crippen LogP contribution in [0, 0.1) is 5.82 Å². The van der Waals surface area contributed by atoms with Gasteiger partial charge in [0.2, 0.25) is 0 Å². The van der Waals surface area contributed by atoms with E-state index in [0.29, 0.717) is 6.42 Å². The molecule has 1 fully saturated rings. The summed E-state index contributed by atoms with van der Waals surface area (Å²) in [5, 5.41) is 3.05. The van der Waals surface area contributed by atoms with Gasteiger partial charge in [-0.1, -0.05) is 6.42 Å². The minimum Gasteiger partial charge on any atom is -0.310 e. The molecule has 0 bridgehead atoms. The van der Waals surface area contributed by atoms with Gasteiger partial charge in [0.15, 0.2) is 0 Å². The van der Waals surface area contributed by atoms with Gasteiger partial charge in [0, 0.05) is 11.6 Å². The topological polar surface area (TPSA) is 12.0 Å². The lowest BCUT2D eigenvalue weighted by Crippen LogP contribution is -2.27. The minimum absolute atomic E-state index is 0.125. The van der Waals surface area contributed by atoms with Crippen molar-refractivity contribution in [1.82, 2.24) is 5.32 Å². The maximum absolute atomic E-state index is 13.5. The van der Waals surface area contributed by atoms with Crippen LogP contribution in [0.15, 0.2) is 18.2 Å². The van der Waals surface area contributed by atoms with Crippen LogP contribution in [0.1, 0.15) is 36.4 Å². The van der Waals surface area contributed by atoms with Gasteiger partial charge in [-0.15, -0.1) is 0 Å². The highest BCUT2D eigenvalue weighted by Crippen LogP contribution is 2.33. The van der Waals surface area contributed by atoms with E-state index in [4.69, 9.17) is 0 Å². The highest BCUT2D eigenvalue weighted by Gasteiger charge is 2.32. The number of hydrogen-bond donors (Lipinski definition) is 1. The van der Waals surface area contributed by atoms with Gasteiger partial charge in [-0.05, 0) is 37.6 Å². The Balaban J connectivity index is 2.31. The second-order valence-corrected chi connectivity index (χ2v) is 4.24. The molecular weight excluding hydrogens is 234 g/mol. The molecule has 0 aromatic heterocycles. The SMILES string of the molecule is Fc1ccc(C(F)(F)F)cc1C1CCCCN1. The smallest absolute Gasteiger partial charge is 0.310 e. The third kappa shape index (κ3) is 2.77. The van der Waals surface area contributed by atoms with Gasteiger partial charge in [0.25, 0.3) is 0 Å². The Morgan fingerprint density at radius 2 is 1.94 bits per heavy atom. The van der Waals surface area contributed by atoms with Crippen LogP contribution in [0.5, 0.6) is 0 Å². The van der Waals surface area contributed by atoms with Crippen molar-refractivity contribution in [2.75, 3.05) is 6.54 Å². The number of benzene rings is 1. The molecule has 0 aliphatic carbocycles. The molecule has 1 unspecified atom stereocenters. The Bertz CT molecular complexity index is 394. The number of halogens is 4. The average Bonchev–Trinajstić information content (AvgIpc) is 2.29. The number of hydrogen-bond acceptors (Lipinski definition) is 1. The van der Waals surface area contributed by atoms with E-state index in [1.807, 2.05) is 0 Å². The molecule has 0 saturated carbocycles. The maximum atomic E-state index is 13.5. The molecule has 1 aromatic carbocycles. The Hall–Kier alpha value is -1.10. The molecular formula is C12H13F4N. The summed E-state index contributed by atoms with van der Waals surface area (Å²) in [6.45, 7) is 0.723. The van der Waals surface area contributed by atoms with Crippen LogP contribution in [0.3, 0.4) is 0 Å². The molecule has 1 heterocycles. The molecule has 1 aliphatic heterocycles. The van der Waals surface area contributed by atoms with Crippen molar-refractivity contribution >= 4 is 0 Å². The zero-order valence-corrected chi connectivity index (χ0v) is 9.15. The second-order valence-electron chi connectivity index (χ2n) is 4.24. The lowest BCUT2D eigenvalue weighted by Gasteiger charge is -2.24. The molecule has 0 amide bonds. The lowest BCUT2D eigenvalue weighted by atomic mass is 9.95. The molecule has 1 aromatic rings. The van der Waals surface area contributed by atoms with Crippen molar-refractivity contribution in [3.05, 3.63) is 35.1 Å². The summed E-state index contributed by atoms with van der Waals surface area (Å²) in [6.07, 6.45) is -1.85. The van der Waals surface area contributed by atoms with Crippen LogP contribution in [0.2, 0.25) is 0 Å². The molecule has 17 heavy (non-hydrogen) atoms. The van der Waals surface area contributed by atoms with E-state index in [9.17, 15) is 17.6 Å². The van der Waals surface area contributed by atoms with E-state index in [1.165, 1.54) is 0 Å². The van der Waals surface area contributed by atoms with E-state index in [0.717, 1.165) is 37.6 Å². The number of alkyl halides is 3. The van der Waals surface area contributed by atoms with Crippen LogP contribution in [-0.2, 0) is 6.18 Å². The molecule has 5 heteroatoms. The summed E-state index contributed by atoms with van der Waals surface area (Å²) in [5.74, 6) is -0.572. The lowest BCUT2D eigenvalue weighted by molar-refractivity contribution is -0.137. The molecule has 2 rings (SSSR count). The third-order valence-corrected chi connectivity index (χ3v) is 3.01. The predicted molar refractivity (Wildman–Crippen MR) is 56.0 cm³/mol. The van der Waals surface area contributed by atoms with Gasteiger partial charge < -0.3 is 5.32 Å². The Labute approximate surface area is 96.8 Å². The Kier molecular flexibility index (Phi) is 3.38. The Morgan fingerprint density at radius 1 is 1.18 bits per heavy atom. The standard InChI is InChI=1S/C12H13F4N/c13-10-5-4-8(12(14,15)16)7-9(10)11-3-1-2-6-17-11/h4-5,7,11,17H,1-3,6H2. The molecule has 1 atom stereocenters. The van der Waals surface area contributed by atoms with Crippen molar-refractivity contribution in [3.63, 3.8) is 0 Å². The quantitative estimate of drug-likeness (QED) is 0.747. The first-order valence-corrected chi connectivity index (χ1v) is 5.58. The summed E-state index contributed by atoms with van der Waals surface area (Å²) in [7, 11) is 0. The molecule has 94 valence electrons.